The van der Waals surface area contributed by atoms with Gasteiger partial charge in [-0.3, -0.25) is 9.59 Å². The summed E-state index contributed by atoms with van der Waals surface area (Å²) < 4.78 is 0. The first-order valence-corrected chi connectivity index (χ1v) is 8.25. The predicted octanol–water partition coefficient (Wildman–Crippen LogP) is 2.19. The predicted molar refractivity (Wildman–Crippen MR) is 80.8 cm³/mol. The summed E-state index contributed by atoms with van der Waals surface area (Å²) in [5.41, 5.74) is 5.22. The third-order valence-electron chi connectivity index (χ3n) is 5.26. The number of nitrogens with one attached hydrogen (secondary N) is 1. The Morgan fingerprint density at radius 2 is 1.48 bits per heavy atom. The number of carbonyl (C=O) groups excluding carboxylic acids is 1. The van der Waals surface area contributed by atoms with Crippen molar-refractivity contribution in [2.75, 3.05) is 6.54 Å². The van der Waals surface area contributed by atoms with Gasteiger partial charge in [-0.15, -0.1) is 0 Å². The van der Waals surface area contributed by atoms with Crippen molar-refractivity contribution in [1.29, 1.82) is 0 Å². The molecule has 0 radical (unpaired) electrons. The standard InChI is InChI=1S/C16H28N2O3/c17-16(9-5-2-6-10-16)14(21)18-12-15(11-13(19)20)7-3-1-4-8-15/h1-12,17H2,(H,18,21)(H,19,20). The van der Waals surface area contributed by atoms with Gasteiger partial charge in [0.2, 0.25) is 5.91 Å². The number of hydrogen-bond acceptors (Lipinski definition) is 3. The van der Waals surface area contributed by atoms with E-state index in [2.05, 4.69) is 5.32 Å². The molecule has 4 N–H and O–H groups in total. The van der Waals surface area contributed by atoms with Crippen LogP contribution in [0, 0.1) is 5.41 Å². The van der Waals surface area contributed by atoms with Gasteiger partial charge in [0, 0.05) is 6.54 Å². The summed E-state index contributed by atoms with van der Waals surface area (Å²) in [6.07, 6.45) is 9.82. The number of amides is 1. The van der Waals surface area contributed by atoms with Gasteiger partial charge in [-0.2, -0.15) is 0 Å². The molecular weight excluding hydrogens is 268 g/mol. The van der Waals surface area contributed by atoms with E-state index in [0.717, 1.165) is 64.2 Å². The number of aliphatic carboxylic acids is 1. The number of nitrogens with two attached hydrogens (primary N) is 1. The maximum Gasteiger partial charge on any atom is 0.303 e. The molecule has 5 heteroatoms. The molecule has 2 aliphatic rings. The average Bonchev–Trinajstić information content (AvgIpc) is 2.46. The van der Waals surface area contributed by atoms with Crippen LogP contribution in [0.15, 0.2) is 0 Å². The third-order valence-corrected chi connectivity index (χ3v) is 5.26. The topological polar surface area (TPSA) is 92.4 Å². The number of carboxylic acids is 1. The molecule has 0 unspecified atom stereocenters. The number of carbonyl (C=O) groups is 2. The molecular formula is C16H28N2O3. The number of rotatable bonds is 5. The lowest BCUT2D eigenvalue weighted by atomic mass is 9.71. The fourth-order valence-corrected chi connectivity index (χ4v) is 3.89. The second-order valence-corrected chi connectivity index (χ2v) is 7.03. The highest BCUT2D eigenvalue weighted by Crippen LogP contribution is 2.39. The minimum Gasteiger partial charge on any atom is -0.481 e. The first kappa shape index (κ1) is 16.3. The second-order valence-electron chi connectivity index (χ2n) is 7.03. The van der Waals surface area contributed by atoms with E-state index in [0.29, 0.717) is 6.54 Å². The molecule has 0 saturated heterocycles. The summed E-state index contributed by atoms with van der Waals surface area (Å²) in [5.74, 6) is -0.858. The lowest BCUT2D eigenvalue weighted by Gasteiger charge is -2.38. The van der Waals surface area contributed by atoms with Crippen molar-refractivity contribution in [2.24, 2.45) is 11.1 Å². The Labute approximate surface area is 126 Å². The van der Waals surface area contributed by atoms with Crippen LogP contribution in [0.3, 0.4) is 0 Å². The monoisotopic (exact) mass is 296 g/mol. The lowest BCUT2D eigenvalue weighted by molar-refractivity contribution is -0.141. The molecule has 0 aromatic carbocycles. The molecule has 0 aromatic heterocycles. The second kappa shape index (κ2) is 6.77. The fourth-order valence-electron chi connectivity index (χ4n) is 3.89. The van der Waals surface area contributed by atoms with Gasteiger partial charge in [0.15, 0.2) is 0 Å². The summed E-state index contributed by atoms with van der Waals surface area (Å²) in [5, 5.41) is 12.1. The van der Waals surface area contributed by atoms with E-state index in [9.17, 15) is 9.59 Å². The molecule has 21 heavy (non-hydrogen) atoms. The van der Waals surface area contributed by atoms with E-state index in [-0.39, 0.29) is 17.7 Å². The first-order valence-electron chi connectivity index (χ1n) is 8.25. The van der Waals surface area contributed by atoms with Crippen molar-refractivity contribution in [3.63, 3.8) is 0 Å². The SMILES string of the molecule is NC1(C(=O)NCC2(CC(=O)O)CCCCC2)CCCCC1. The summed E-state index contributed by atoms with van der Waals surface area (Å²) in [4.78, 5) is 23.6. The van der Waals surface area contributed by atoms with Crippen LogP contribution in [0.2, 0.25) is 0 Å². The van der Waals surface area contributed by atoms with Crippen LogP contribution in [-0.2, 0) is 9.59 Å². The van der Waals surface area contributed by atoms with Crippen molar-refractivity contribution in [1.82, 2.24) is 5.32 Å². The van der Waals surface area contributed by atoms with Crippen LogP contribution >= 0.6 is 0 Å². The Hall–Kier alpha value is -1.10. The molecule has 0 aromatic rings. The van der Waals surface area contributed by atoms with E-state index in [4.69, 9.17) is 10.8 Å². The number of carboxylic acid groups (broad SMARTS) is 1. The molecule has 2 saturated carbocycles. The number of hydrogen-bond donors (Lipinski definition) is 3. The van der Waals surface area contributed by atoms with Gasteiger partial charge in [-0.25, -0.2) is 0 Å². The van der Waals surface area contributed by atoms with Gasteiger partial charge < -0.3 is 16.2 Å². The molecule has 0 bridgehead atoms. The van der Waals surface area contributed by atoms with Crippen LogP contribution in [-0.4, -0.2) is 29.1 Å². The molecule has 0 atom stereocenters. The Bertz CT molecular complexity index is 383. The molecule has 1 amide bonds. The van der Waals surface area contributed by atoms with Crippen LogP contribution in [0.5, 0.6) is 0 Å². The summed E-state index contributed by atoms with van der Waals surface area (Å²) in [6.45, 7) is 0.455. The van der Waals surface area contributed by atoms with Crippen molar-refractivity contribution < 1.29 is 14.7 Å². The van der Waals surface area contributed by atoms with Gasteiger partial charge in [0.1, 0.15) is 0 Å². The lowest BCUT2D eigenvalue weighted by Crippen LogP contribution is -2.56. The van der Waals surface area contributed by atoms with E-state index in [1.165, 1.54) is 0 Å². The minimum atomic E-state index is -0.772. The normalized spacial score (nSPS) is 24.2. The molecule has 0 aliphatic heterocycles. The smallest absolute Gasteiger partial charge is 0.303 e. The van der Waals surface area contributed by atoms with Gasteiger partial charge in [0.05, 0.1) is 12.0 Å². The van der Waals surface area contributed by atoms with Crippen molar-refractivity contribution in [2.45, 2.75) is 76.2 Å². The maximum absolute atomic E-state index is 12.4. The molecule has 2 aliphatic carbocycles. The van der Waals surface area contributed by atoms with Crippen LogP contribution in [0.1, 0.15) is 70.6 Å². The zero-order valence-corrected chi connectivity index (χ0v) is 12.8. The molecule has 0 heterocycles. The van der Waals surface area contributed by atoms with Gasteiger partial charge in [-0.1, -0.05) is 38.5 Å². The Balaban J connectivity index is 1.94. The van der Waals surface area contributed by atoms with E-state index in [1.54, 1.807) is 0 Å². The molecule has 2 fully saturated rings. The highest BCUT2D eigenvalue weighted by atomic mass is 16.4. The maximum atomic E-state index is 12.4. The molecule has 5 nitrogen and oxygen atoms in total. The third kappa shape index (κ3) is 4.19. The molecule has 2 rings (SSSR count). The summed E-state index contributed by atoms with van der Waals surface area (Å²) in [7, 11) is 0. The van der Waals surface area contributed by atoms with E-state index in [1.807, 2.05) is 0 Å². The fraction of sp³-hybridized carbons (Fsp3) is 0.875. The van der Waals surface area contributed by atoms with Crippen LogP contribution < -0.4 is 11.1 Å². The van der Waals surface area contributed by atoms with Crippen molar-refractivity contribution in [3.8, 4) is 0 Å². The van der Waals surface area contributed by atoms with Crippen molar-refractivity contribution in [3.05, 3.63) is 0 Å². The molecule has 0 spiro atoms. The van der Waals surface area contributed by atoms with Gasteiger partial charge in [0.25, 0.3) is 0 Å². The Morgan fingerprint density at radius 1 is 0.952 bits per heavy atom. The molecule has 120 valence electrons. The van der Waals surface area contributed by atoms with Crippen LogP contribution in [0.4, 0.5) is 0 Å². The Morgan fingerprint density at radius 3 is 2.00 bits per heavy atom. The van der Waals surface area contributed by atoms with Crippen molar-refractivity contribution >= 4 is 11.9 Å². The zero-order chi connectivity index (χ0) is 15.3. The van der Waals surface area contributed by atoms with Crippen LogP contribution in [0.25, 0.3) is 0 Å². The summed E-state index contributed by atoms with van der Waals surface area (Å²) >= 11 is 0. The van der Waals surface area contributed by atoms with E-state index >= 15 is 0 Å². The highest BCUT2D eigenvalue weighted by molar-refractivity contribution is 5.86. The zero-order valence-electron chi connectivity index (χ0n) is 12.8. The minimum absolute atomic E-state index is 0.0856. The largest absolute Gasteiger partial charge is 0.481 e. The van der Waals surface area contributed by atoms with Gasteiger partial charge >= 0.3 is 5.97 Å². The average molecular weight is 296 g/mol. The van der Waals surface area contributed by atoms with Gasteiger partial charge in [-0.05, 0) is 31.1 Å². The summed E-state index contributed by atoms with van der Waals surface area (Å²) in [6, 6.07) is 0. The Kier molecular flexibility index (Phi) is 5.25. The highest BCUT2D eigenvalue weighted by Gasteiger charge is 2.39. The first-order chi connectivity index (χ1) is 9.96. The quantitative estimate of drug-likeness (QED) is 0.725. The van der Waals surface area contributed by atoms with E-state index < -0.39 is 11.5 Å².